The van der Waals surface area contributed by atoms with Crippen LogP contribution in [0.25, 0.3) is 10.4 Å². The van der Waals surface area contributed by atoms with Crippen LogP contribution < -0.4 is 0 Å². The van der Waals surface area contributed by atoms with Gasteiger partial charge in [-0.15, -0.1) is 0 Å². The summed E-state index contributed by atoms with van der Waals surface area (Å²) in [5.41, 5.74) is 8.35. The van der Waals surface area contributed by atoms with E-state index in [0.717, 1.165) is 12.3 Å². The average molecular weight is 151 g/mol. The molecule has 60 valence electrons. The summed E-state index contributed by atoms with van der Waals surface area (Å²) in [5.74, 6) is 1.54. The summed E-state index contributed by atoms with van der Waals surface area (Å²) in [6, 6.07) is 0. The average Bonchev–Trinajstić information content (AvgIpc) is 2.45. The SMILES string of the molecule is C[C@@]1(N=[N+]=[N-])C[C@H]2CC[C@@H]1C2. The highest BCUT2D eigenvalue weighted by Crippen LogP contribution is 2.52. The number of hydrogen-bond donors (Lipinski definition) is 0. The van der Waals surface area contributed by atoms with Gasteiger partial charge in [-0.2, -0.15) is 0 Å². The monoisotopic (exact) mass is 151 g/mol. The molecule has 2 fully saturated rings. The molecule has 0 saturated heterocycles. The topological polar surface area (TPSA) is 48.8 Å². The minimum atomic E-state index is -0.0301. The third-order valence-corrected chi connectivity index (χ3v) is 3.40. The fraction of sp³-hybridized carbons (Fsp3) is 1.00. The number of azide groups is 1. The second-order valence-electron chi connectivity index (χ2n) is 4.13. The Morgan fingerprint density at radius 3 is 2.82 bits per heavy atom. The van der Waals surface area contributed by atoms with Gasteiger partial charge in [-0.25, -0.2) is 0 Å². The summed E-state index contributed by atoms with van der Waals surface area (Å²) in [6.07, 6.45) is 5.07. The smallest absolute Gasteiger partial charge is 0.0491 e. The quantitative estimate of drug-likeness (QED) is 0.314. The molecule has 3 nitrogen and oxygen atoms in total. The van der Waals surface area contributed by atoms with E-state index in [1.807, 2.05) is 0 Å². The second kappa shape index (κ2) is 2.15. The molecule has 2 bridgehead atoms. The van der Waals surface area contributed by atoms with E-state index >= 15 is 0 Å². The van der Waals surface area contributed by atoms with Gasteiger partial charge in [-0.1, -0.05) is 18.5 Å². The lowest BCUT2D eigenvalue weighted by Gasteiger charge is -2.28. The molecule has 0 unspecified atom stereocenters. The third kappa shape index (κ3) is 0.916. The van der Waals surface area contributed by atoms with Crippen molar-refractivity contribution in [2.45, 2.75) is 38.1 Å². The molecule has 0 aromatic rings. The van der Waals surface area contributed by atoms with Crippen LogP contribution in [-0.2, 0) is 0 Å². The lowest BCUT2D eigenvalue weighted by molar-refractivity contribution is 0.297. The van der Waals surface area contributed by atoms with Gasteiger partial charge in [0.2, 0.25) is 0 Å². The maximum atomic E-state index is 8.38. The standard InChI is InChI=1S/C8H13N3/c1-8(10-11-9)5-6-2-3-7(8)4-6/h6-7H,2-5H2,1H3/t6-,7+,8+/m0/s1. The summed E-state index contributed by atoms with van der Waals surface area (Å²) in [4.78, 5) is 2.93. The zero-order chi connectivity index (χ0) is 7.90. The van der Waals surface area contributed by atoms with Gasteiger partial charge in [0.25, 0.3) is 0 Å². The number of fused-ring (bicyclic) bond motifs is 2. The largest absolute Gasteiger partial charge is 0.0873 e. The van der Waals surface area contributed by atoms with Crippen molar-refractivity contribution in [3.8, 4) is 0 Å². The van der Waals surface area contributed by atoms with Crippen molar-refractivity contribution < 1.29 is 0 Å². The van der Waals surface area contributed by atoms with Gasteiger partial charge >= 0.3 is 0 Å². The van der Waals surface area contributed by atoms with E-state index in [1.54, 1.807) is 0 Å². The molecule has 3 atom stereocenters. The molecule has 2 aliphatic carbocycles. The van der Waals surface area contributed by atoms with Crippen molar-refractivity contribution in [3.63, 3.8) is 0 Å². The van der Waals surface area contributed by atoms with Crippen LogP contribution in [-0.4, -0.2) is 5.54 Å². The summed E-state index contributed by atoms with van der Waals surface area (Å²) in [7, 11) is 0. The molecule has 2 saturated carbocycles. The van der Waals surface area contributed by atoms with Gasteiger partial charge in [0.05, 0.1) is 0 Å². The van der Waals surface area contributed by atoms with E-state index in [0.29, 0.717) is 5.92 Å². The highest BCUT2D eigenvalue weighted by molar-refractivity contribution is 5.03. The number of hydrogen-bond acceptors (Lipinski definition) is 1. The summed E-state index contributed by atoms with van der Waals surface area (Å²) in [6.45, 7) is 2.11. The van der Waals surface area contributed by atoms with Crippen LogP contribution >= 0.6 is 0 Å². The maximum absolute atomic E-state index is 8.38. The third-order valence-electron chi connectivity index (χ3n) is 3.40. The molecule has 0 aromatic heterocycles. The van der Waals surface area contributed by atoms with E-state index in [2.05, 4.69) is 16.9 Å². The van der Waals surface area contributed by atoms with Crippen LogP contribution in [0.15, 0.2) is 5.11 Å². The predicted octanol–water partition coefficient (Wildman–Crippen LogP) is 2.88. The van der Waals surface area contributed by atoms with Crippen molar-refractivity contribution in [2.24, 2.45) is 17.0 Å². The molecule has 0 radical (unpaired) electrons. The Bertz CT molecular complexity index is 219. The van der Waals surface area contributed by atoms with E-state index in [4.69, 9.17) is 5.53 Å². The predicted molar refractivity (Wildman–Crippen MR) is 43.0 cm³/mol. The summed E-state index contributed by atoms with van der Waals surface area (Å²) >= 11 is 0. The maximum Gasteiger partial charge on any atom is 0.0491 e. The lowest BCUT2D eigenvalue weighted by Crippen LogP contribution is -2.28. The summed E-state index contributed by atoms with van der Waals surface area (Å²) in [5, 5.41) is 3.92. The van der Waals surface area contributed by atoms with E-state index in [9.17, 15) is 0 Å². The molecular formula is C8H13N3. The molecule has 0 amide bonds. The Hall–Kier alpha value is -0.690. The van der Waals surface area contributed by atoms with Gasteiger partial charge in [0.1, 0.15) is 0 Å². The molecule has 0 spiro atoms. The zero-order valence-electron chi connectivity index (χ0n) is 6.82. The van der Waals surface area contributed by atoms with E-state index in [1.165, 1.54) is 19.3 Å². The first-order chi connectivity index (χ1) is 5.24. The highest BCUT2D eigenvalue weighted by Gasteiger charge is 2.47. The van der Waals surface area contributed by atoms with Gasteiger partial charge in [-0.05, 0) is 36.6 Å². The molecule has 0 aromatic carbocycles. The molecule has 0 heterocycles. The lowest BCUT2D eigenvalue weighted by atomic mass is 9.84. The fourth-order valence-electron chi connectivity index (χ4n) is 2.80. The van der Waals surface area contributed by atoms with Crippen LogP contribution in [0.3, 0.4) is 0 Å². The van der Waals surface area contributed by atoms with Crippen molar-refractivity contribution >= 4 is 0 Å². The van der Waals surface area contributed by atoms with Crippen molar-refractivity contribution in [3.05, 3.63) is 10.4 Å². The molecule has 0 aliphatic heterocycles. The van der Waals surface area contributed by atoms with Crippen molar-refractivity contribution in [2.75, 3.05) is 0 Å². The van der Waals surface area contributed by atoms with Crippen LogP contribution in [0.1, 0.15) is 32.6 Å². The first kappa shape index (κ1) is 6.99. The van der Waals surface area contributed by atoms with Crippen LogP contribution in [0, 0.1) is 11.8 Å². The Morgan fingerprint density at radius 1 is 1.55 bits per heavy atom. The minimum Gasteiger partial charge on any atom is -0.0873 e. The van der Waals surface area contributed by atoms with Crippen molar-refractivity contribution in [1.29, 1.82) is 0 Å². The first-order valence-corrected chi connectivity index (χ1v) is 4.31. The molecular weight excluding hydrogens is 138 g/mol. The highest BCUT2D eigenvalue weighted by atomic mass is 15.2. The van der Waals surface area contributed by atoms with E-state index < -0.39 is 0 Å². The molecule has 2 aliphatic rings. The first-order valence-electron chi connectivity index (χ1n) is 4.31. The Labute approximate surface area is 66.4 Å². The van der Waals surface area contributed by atoms with Gasteiger partial charge in [0, 0.05) is 10.5 Å². The second-order valence-corrected chi connectivity index (χ2v) is 4.13. The normalized spacial score (nSPS) is 47.4. The zero-order valence-corrected chi connectivity index (χ0v) is 6.82. The molecule has 2 rings (SSSR count). The van der Waals surface area contributed by atoms with Gasteiger partial charge in [-0.3, -0.25) is 0 Å². The van der Waals surface area contributed by atoms with Gasteiger partial charge < -0.3 is 0 Å². The Balaban J connectivity index is 2.22. The molecule has 3 heteroatoms. The molecule has 0 N–H and O–H groups in total. The fourth-order valence-corrected chi connectivity index (χ4v) is 2.80. The van der Waals surface area contributed by atoms with Gasteiger partial charge in [0.15, 0.2) is 0 Å². The number of rotatable bonds is 1. The van der Waals surface area contributed by atoms with Crippen LogP contribution in [0.2, 0.25) is 0 Å². The Morgan fingerprint density at radius 2 is 2.36 bits per heavy atom. The minimum absolute atomic E-state index is 0.0301. The van der Waals surface area contributed by atoms with E-state index in [-0.39, 0.29) is 5.54 Å². The van der Waals surface area contributed by atoms with Crippen molar-refractivity contribution in [1.82, 2.24) is 0 Å². The summed E-state index contributed by atoms with van der Waals surface area (Å²) < 4.78 is 0. The number of nitrogens with zero attached hydrogens (tertiary/aromatic N) is 3. The van der Waals surface area contributed by atoms with Crippen LogP contribution in [0.4, 0.5) is 0 Å². The Kier molecular flexibility index (Phi) is 1.36. The molecule has 11 heavy (non-hydrogen) atoms. The van der Waals surface area contributed by atoms with Crippen LogP contribution in [0.5, 0.6) is 0 Å².